The number of halogens is 3. The summed E-state index contributed by atoms with van der Waals surface area (Å²) < 4.78 is 40.3. The van der Waals surface area contributed by atoms with E-state index in [0.29, 0.717) is 18.9 Å². The summed E-state index contributed by atoms with van der Waals surface area (Å²) >= 11 is 0. The number of aliphatic hydroxyl groups excluding tert-OH is 1. The van der Waals surface area contributed by atoms with E-state index in [1.54, 1.807) is 0 Å². The highest BCUT2D eigenvalue weighted by Gasteiger charge is 2.44. The van der Waals surface area contributed by atoms with Crippen molar-refractivity contribution in [2.45, 2.75) is 45.6 Å². The van der Waals surface area contributed by atoms with Crippen LogP contribution in [0.3, 0.4) is 0 Å². The Morgan fingerprint density at radius 2 is 1.57 bits per heavy atom. The zero-order valence-electron chi connectivity index (χ0n) is 12.4. The van der Waals surface area contributed by atoms with Crippen LogP contribution >= 0.6 is 0 Å². The summed E-state index contributed by atoms with van der Waals surface area (Å²) in [7, 11) is 0. The summed E-state index contributed by atoms with van der Waals surface area (Å²) in [4.78, 5) is 0. The van der Waals surface area contributed by atoms with Gasteiger partial charge in [-0.15, -0.1) is 0 Å². The topological polar surface area (TPSA) is 46.2 Å². The first-order chi connectivity index (χ1) is 9.71. The third kappa shape index (κ3) is 3.09. The molecule has 0 aromatic heterocycles. The SMILES string of the molecule is CC1(C)CCC(CN)(C(O)c2cc(F)c(F)cc2F)CC1. The van der Waals surface area contributed by atoms with Gasteiger partial charge in [0.15, 0.2) is 11.6 Å². The molecule has 1 aliphatic carbocycles. The van der Waals surface area contributed by atoms with Crippen molar-refractivity contribution in [1.82, 2.24) is 0 Å². The first kappa shape index (κ1) is 16.3. The molecule has 0 spiro atoms. The Morgan fingerprint density at radius 3 is 2.10 bits per heavy atom. The maximum Gasteiger partial charge on any atom is 0.161 e. The van der Waals surface area contributed by atoms with Gasteiger partial charge in [0.1, 0.15) is 5.82 Å². The summed E-state index contributed by atoms with van der Waals surface area (Å²) in [6, 6.07) is 1.22. The van der Waals surface area contributed by atoms with Crippen molar-refractivity contribution in [3.63, 3.8) is 0 Å². The lowest BCUT2D eigenvalue weighted by molar-refractivity contribution is -0.0255. The van der Waals surface area contributed by atoms with Crippen molar-refractivity contribution in [2.75, 3.05) is 6.54 Å². The van der Waals surface area contributed by atoms with Crippen LogP contribution in [-0.4, -0.2) is 11.7 Å². The molecule has 1 aromatic carbocycles. The number of benzene rings is 1. The lowest BCUT2D eigenvalue weighted by atomic mass is 9.62. The molecule has 0 heterocycles. The first-order valence-electron chi connectivity index (χ1n) is 7.23. The average Bonchev–Trinajstić information content (AvgIpc) is 2.43. The van der Waals surface area contributed by atoms with Crippen LogP contribution in [0.4, 0.5) is 13.2 Å². The molecule has 21 heavy (non-hydrogen) atoms. The summed E-state index contributed by atoms with van der Waals surface area (Å²) in [6.07, 6.45) is 1.75. The number of rotatable bonds is 3. The Balaban J connectivity index is 2.33. The lowest BCUT2D eigenvalue weighted by Gasteiger charge is -2.45. The molecule has 0 radical (unpaired) electrons. The number of nitrogens with two attached hydrogens (primary N) is 1. The van der Waals surface area contributed by atoms with Crippen molar-refractivity contribution in [3.8, 4) is 0 Å². The largest absolute Gasteiger partial charge is 0.388 e. The van der Waals surface area contributed by atoms with Crippen molar-refractivity contribution in [3.05, 3.63) is 35.1 Å². The van der Waals surface area contributed by atoms with Gasteiger partial charge >= 0.3 is 0 Å². The van der Waals surface area contributed by atoms with Crippen molar-refractivity contribution < 1.29 is 18.3 Å². The predicted octanol–water partition coefficient (Wildman–Crippen LogP) is 3.68. The zero-order valence-corrected chi connectivity index (χ0v) is 12.4. The highest BCUT2D eigenvalue weighted by Crippen LogP contribution is 2.51. The van der Waals surface area contributed by atoms with Crippen LogP contribution in [0.25, 0.3) is 0 Å². The Morgan fingerprint density at radius 1 is 1.05 bits per heavy atom. The van der Waals surface area contributed by atoms with Gasteiger partial charge in [-0.2, -0.15) is 0 Å². The van der Waals surface area contributed by atoms with Crippen molar-refractivity contribution >= 4 is 0 Å². The average molecular weight is 301 g/mol. The van der Waals surface area contributed by atoms with Crippen LogP contribution in [0.5, 0.6) is 0 Å². The highest BCUT2D eigenvalue weighted by molar-refractivity contribution is 5.24. The fourth-order valence-electron chi connectivity index (χ4n) is 3.09. The third-order valence-electron chi connectivity index (χ3n) is 4.92. The molecule has 1 saturated carbocycles. The number of hydrogen-bond donors (Lipinski definition) is 2. The summed E-state index contributed by atoms with van der Waals surface area (Å²) in [6.45, 7) is 4.46. The first-order valence-corrected chi connectivity index (χ1v) is 7.23. The number of aliphatic hydroxyl groups is 1. The molecule has 2 nitrogen and oxygen atoms in total. The smallest absolute Gasteiger partial charge is 0.161 e. The van der Waals surface area contributed by atoms with Crippen molar-refractivity contribution in [1.29, 1.82) is 0 Å². The highest BCUT2D eigenvalue weighted by atomic mass is 19.2. The molecule has 0 bridgehead atoms. The van der Waals surface area contributed by atoms with Gasteiger partial charge in [0.25, 0.3) is 0 Å². The van der Waals surface area contributed by atoms with E-state index in [0.717, 1.165) is 18.9 Å². The second kappa shape index (κ2) is 5.61. The minimum absolute atomic E-state index is 0.158. The zero-order chi connectivity index (χ0) is 15.8. The normalized spacial score (nSPS) is 22.0. The molecule has 1 aromatic rings. The summed E-state index contributed by atoms with van der Waals surface area (Å²) in [5.41, 5.74) is 5.10. The summed E-state index contributed by atoms with van der Waals surface area (Å²) in [5, 5.41) is 10.6. The minimum Gasteiger partial charge on any atom is -0.388 e. The van der Waals surface area contributed by atoms with Gasteiger partial charge < -0.3 is 10.8 Å². The quantitative estimate of drug-likeness (QED) is 0.837. The van der Waals surface area contributed by atoms with E-state index in [-0.39, 0.29) is 17.5 Å². The van der Waals surface area contributed by atoms with Gasteiger partial charge in [0.2, 0.25) is 0 Å². The van der Waals surface area contributed by atoms with E-state index in [2.05, 4.69) is 13.8 Å². The van der Waals surface area contributed by atoms with E-state index >= 15 is 0 Å². The fourth-order valence-corrected chi connectivity index (χ4v) is 3.09. The van der Waals surface area contributed by atoms with Gasteiger partial charge in [-0.3, -0.25) is 0 Å². The van der Waals surface area contributed by atoms with Crippen LogP contribution in [0.1, 0.15) is 51.2 Å². The van der Waals surface area contributed by atoms with E-state index in [9.17, 15) is 18.3 Å². The standard InChI is InChI=1S/C16H22F3NO/c1-15(2)3-5-16(9-20,6-4-15)14(21)10-7-12(18)13(19)8-11(10)17/h7-8,14,21H,3-6,9,20H2,1-2H3. The maximum absolute atomic E-state index is 13.9. The second-order valence-electron chi connectivity index (χ2n) is 6.92. The van der Waals surface area contributed by atoms with Crippen molar-refractivity contribution in [2.24, 2.45) is 16.6 Å². The van der Waals surface area contributed by atoms with Gasteiger partial charge in [0, 0.05) is 23.6 Å². The van der Waals surface area contributed by atoms with Gasteiger partial charge in [-0.05, 0) is 37.2 Å². The molecule has 118 valence electrons. The van der Waals surface area contributed by atoms with Crippen LogP contribution in [0, 0.1) is 28.3 Å². The third-order valence-corrected chi connectivity index (χ3v) is 4.92. The van der Waals surface area contributed by atoms with E-state index in [1.807, 2.05) is 0 Å². The molecule has 0 aliphatic heterocycles. The monoisotopic (exact) mass is 301 g/mol. The van der Waals surface area contributed by atoms with Crippen LogP contribution in [0.15, 0.2) is 12.1 Å². The van der Waals surface area contributed by atoms with E-state index in [1.165, 1.54) is 0 Å². The van der Waals surface area contributed by atoms with Gasteiger partial charge in [-0.25, -0.2) is 13.2 Å². The lowest BCUT2D eigenvalue weighted by Crippen LogP contribution is -2.42. The fraction of sp³-hybridized carbons (Fsp3) is 0.625. The Labute approximate surface area is 123 Å². The minimum atomic E-state index is -1.25. The van der Waals surface area contributed by atoms with Crippen LogP contribution in [-0.2, 0) is 0 Å². The van der Waals surface area contributed by atoms with Crippen LogP contribution < -0.4 is 5.73 Å². The summed E-state index contributed by atoms with van der Waals surface area (Å²) in [5.74, 6) is -3.34. The molecule has 1 unspecified atom stereocenters. The molecule has 0 saturated heterocycles. The molecule has 1 aliphatic rings. The Hall–Kier alpha value is -1.07. The molecule has 3 N–H and O–H groups in total. The number of hydrogen-bond acceptors (Lipinski definition) is 2. The maximum atomic E-state index is 13.9. The molecular weight excluding hydrogens is 279 g/mol. The van der Waals surface area contributed by atoms with E-state index in [4.69, 9.17) is 5.73 Å². The molecule has 2 rings (SSSR count). The van der Waals surface area contributed by atoms with E-state index < -0.39 is 29.0 Å². The molecule has 1 fully saturated rings. The van der Waals surface area contributed by atoms with Gasteiger partial charge in [0.05, 0.1) is 6.10 Å². The Kier molecular flexibility index (Phi) is 4.36. The second-order valence-corrected chi connectivity index (χ2v) is 6.92. The predicted molar refractivity (Wildman–Crippen MR) is 75.0 cm³/mol. The van der Waals surface area contributed by atoms with Crippen LogP contribution in [0.2, 0.25) is 0 Å². The molecular formula is C16H22F3NO. The van der Waals surface area contributed by atoms with Gasteiger partial charge in [-0.1, -0.05) is 13.8 Å². The molecule has 5 heteroatoms. The molecule has 0 amide bonds. The molecule has 1 atom stereocenters. The Bertz CT molecular complexity index is 520.